The molecule has 7 nitrogen and oxygen atoms in total. The summed E-state index contributed by atoms with van der Waals surface area (Å²) in [4.78, 5) is 16.7. The Morgan fingerprint density at radius 3 is 2.90 bits per heavy atom. The smallest absolute Gasteiger partial charge is 0.231 e. The minimum Gasteiger partial charge on any atom is -0.454 e. The number of aromatic nitrogens is 4. The van der Waals surface area contributed by atoms with Crippen molar-refractivity contribution in [1.82, 2.24) is 19.9 Å². The van der Waals surface area contributed by atoms with E-state index in [-0.39, 0.29) is 6.79 Å². The van der Waals surface area contributed by atoms with Crippen LogP contribution in [-0.2, 0) is 0 Å². The summed E-state index contributed by atoms with van der Waals surface area (Å²) in [5.41, 5.74) is 7.11. The number of nitrogen functional groups attached to an aromatic ring is 1. The summed E-state index contributed by atoms with van der Waals surface area (Å²) in [5.74, 6) is 1.87. The highest BCUT2D eigenvalue weighted by Gasteiger charge is 2.18. The SMILES string of the molecule is Nc1nc(Sc2cc3c(cc2I)OCO3)nc2nc[nH]c12. The zero-order chi connectivity index (χ0) is 14.4. The molecule has 1 aliphatic heterocycles. The third-order valence-electron chi connectivity index (χ3n) is 2.92. The number of hydrogen-bond donors (Lipinski definition) is 2. The number of H-pyrrole nitrogens is 1. The molecule has 0 radical (unpaired) electrons. The second-order valence-electron chi connectivity index (χ2n) is 4.23. The number of aromatic amines is 1. The van der Waals surface area contributed by atoms with Crippen LogP contribution in [0, 0.1) is 3.57 Å². The predicted molar refractivity (Wildman–Crippen MR) is 85.5 cm³/mol. The minimum atomic E-state index is 0.252. The van der Waals surface area contributed by atoms with Crippen LogP contribution in [0.3, 0.4) is 0 Å². The molecule has 3 N–H and O–H groups in total. The van der Waals surface area contributed by atoms with Crippen molar-refractivity contribution in [2.75, 3.05) is 12.5 Å². The summed E-state index contributed by atoms with van der Waals surface area (Å²) in [6.45, 7) is 0.252. The number of fused-ring (bicyclic) bond motifs is 2. The van der Waals surface area contributed by atoms with Crippen molar-refractivity contribution in [2.24, 2.45) is 0 Å². The lowest BCUT2D eigenvalue weighted by Crippen LogP contribution is -1.96. The average Bonchev–Trinajstić information content (AvgIpc) is 3.07. The van der Waals surface area contributed by atoms with Gasteiger partial charge in [-0.25, -0.2) is 15.0 Å². The summed E-state index contributed by atoms with van der Waals surface area (Å²) >= 11 is 3.65. The van der Waals surface area contributed by atoms with Crippen molar-refractivity contribution in [3.05, 3.63) is 22.0 Å². The van der Waals surface area contributed by atoms with E-state index in [1.54, 1.807) is 6.33 Å². The van der Waals surface area contributed by atoms with Gasteiger partial charge in [0.2, 0.25) is 6.79 Å². The standard InChI is InChI=1S/C12H8IN5O2S/c13-5-1-6-7(20-4-19-6)2-8(5)21-12-17-10(14)9-11(18-12)16-3-15-9/h1-3H,4H2,(H3,14,15,16,17,18). The molecule has 2 aromatic heterocycles. The highest BCUT2D eigenvalue weighted by atomic mass is 127. The number of nitrogens with one attached hydrogen (secondary N) is 1. The van der Waals surface area contributed by atoms with E-state index in [1.807, 2.05) is 12.1 Å². The molecular weight excluding hydrogens is 405 g/mol. The minimum absolute atomic E-state index is 0.252. The lowest BCUT2D eigenvalue weighted by atomic mass is 10.3. The molecule has 3 heterocycles. The number of benzene rings is 1. The molecule has 0 bridgehead atoms. The van der Waals surface area contributed by atoms with Crippen molar-refractivity contribution in [2.45, 2.75) is 10.1 Å². The molecule has 0 amide bonds. The molecular formula is C12H8IN5O2S. The van der Waals surface area contributed by atoms with Gasteiger partial charge in [0.25, 0.3) is 0 Å². The monoisotopic (exact) mass is 413 g/mol. The summed E-state index contributed by atoms with van der Waals surface area (Å²) < 4.78 is 11.8. The van der Waals surface area contributed by atoms with Gasteiger partial charge in [-0.05, 0) is 46.5 Å². The van der Waals surface area contributed by atoms with Crippen molar-refractivity contribution < 1.29 is 9.47 Å². The average molecular weight is 413 g/mol. The molecule has 1 aliphatic rings. The Kier molecular flexibility index (Phi) is 3.03. The van der Waals surface area contributed by atoms with Crippen LogP contribution in [0.4, 0.5) is 5.82 Å². The Morgan fingerprint density at radius 2 is 2.05 bits per heavy atom. The Morgan fingerprint density at radius 1 is 1.24 bits per heavy atom. The fourth-order valence-corrected chi connectivity index (χ4v) is 3.52. The maximum atomic E-state index is 5.90. The Hall–Kier alpha value is -1.75. The van der Waals surface area contributed by atoms with Gasteiger partial charge in [-0.2, -0.15) is 0 Å². The first-order valence-corrected chi connectivity index (χ1v) is 7.84. The molecule has 0 atom stereocenters. The number of rotatable bonds is 2. The number of nitrogens with zero attached hydrogens (tertiary/aromatic N) is 3. The summed E-state index contributed by atoms with van der Waals surface area (Å²) in [6, 6.07) is 3.85. The largest absolute Gasteiger partial charge is 0.454 e. The van der Waals surface area contributed by atoms with Gasteiger partial charge in [-0.15, -0.1) is 0 Å². The molecule has 0 aliphatic carbocycles. The van der Waals surface area contributed by atoms with Crippen molar-refractivity contribution >= 4 is 51.3 Å². The van der Waals surface area contributed by atoms with Crippen LogP contribution in [-0.4, -0.2) is 26.7 Å². The third kappa shape index (κ3) is 2.25. The van der Waals surface area contributed by atoms with Gasteiger partial charge in [0, 0.05) is 8.47 Å². The molecule has 0 fully saturated rings. The van der Waals surface area contributed by atoms with Crippen molar-refractivity contribution in [3.63, 3.8) is 0 Å². The van der Waals surface area contributed by atoms with Gasteiger partial charge in [-0.1, -0.05) is 0 Å². The number of nitrogens with two attached hydrogens (primary N) is 1. The molecule has 3 aromatic rings. The molecule has 0 spiro atoms. The van der Waals surface area contributed by atoms with Crippen LogP contribution >= 0.6 is 34.4 Å². The second kappa shape index (κ2) is 4.91. The summed E-state index contributed by atoms with van der Waals surface area (Å²) in [5, 5.41) is 0.545. The van der Waals surface area contributed by atoms with Crippen LogP contribution in [0.2, 0.25) is 0 Å². The highest BCUT2D eigenvalue weighted by molar-refractivity contribution is 14.1. The second-order valence-corrected chi connectivity index (χ2v) is 6.40. The first-order valence-electron chi connectivity index (χ1n) is 5.94. The van der Waals surface area contributed by atoms with Crippen LogP contribution < -0.4 is 15.2 Å². The molecule has 21 heavy (non-hydrogen) atoms. The number of hydrogen-bond acceptors (Lipinski definition) is 7. The zero-order valence-electron chi connectivity index (χ0n) is 10.5. The van der Waals surface area contributed by atoms with Crippen LogP contribution in [0.25, 0.3) is 11.2 Å². The molecule has 4 rings (SSSR count). The van der Waals surface area contributed by atoms with Crippen LogP contribution in [0.15, 0.2) is 28.5 Å². The normalized spacial score (nSPS) is 13.0. The van der Waals surface area contributed by atoms with Crippen LogP contribution in [0.1, 0.15) is 0 Å². The van der Waals surface area contributed by atoms with Crippen molar-refractivity contribution in [3.8, 4) is 11.5 Å². The zero-order valence-corrected chi connectivity index (χ0v) is 13.4. The molecule has 0 saturated heterocycles. The fraction of sp³-hybridized carbons (Fsp3) is 0.0833. The van der Waals surface area contributed by atoms with Gasteiger partial charge in [0.05, 0.1) is 6.33 Å². The maximum Gasteiger partial charge on any atom is 0.231 e. The number of ether oxygens (including phenoxy) is 2. The fourth-order valence-electron chi connectivity index (χ4n) is 1.96. The first kappa shape index (κ1) is 13.0. The summed E-state index contributed by atoms with van der Waals surface area (Å²) in [7, 11) is 0. The van der Waals surface area contributed by atoms with Gasteiger partial charge >= 0.3 is 0 Å². The van der Waals surface area contributed by atoms with E-state index in [9.17, 15) is 0 Å². The lowest BCUT2D eigenvalue weighted by molar-refractivity contribution is 0.174. The van der Waals surface area contributed by atoms with E-state index in [0.717, 1.165) is 20.0 Å². The van der Waals surface area contributed by atoms with E-state index in [2.05, 4.69) is 42.5 Å². The van der Waals surface area contributed by atoms with E-state index in [4.69, 9.17) is 15.2 Å². The van der Waals surface area contributed by atoms with Crippen molar-refractivity contribution in [1.29, 1.82) is 0 Å². The predicted octanol–water partition coefficient (Wildman–Crippen LogP) is 2.42. The Bertz CT molecular complexity index is 853. The van der Waals surface area contributed by atoms with Crippen LogP contribution in [0.5, 0.6) is 11.5 Å². The van der Waals surface area contributed by atoms with E-state index >= 15 is 0 Å². The quantitative estimate of drug-likeness (QED) is 0.492. The molecule has 9 heteroatoms. The molecule has 0 saturated carbocycles. The molecule has 0 unspecified atom stereocenters. The van der Waals surface area contributed by atoms with Gasteiger partial charge < -0.3 is 20.2 Å². The Labute approximate surface area is 136 Å². The van der Waals surface area contributed by atoms with Gasteiger partial charge in [0.1, 0.15) is 5.52 Å². The third-order valence-corrected chi connectivity index (χ3v) is 5.10. The van der Waals surface area contributed by atoms with Gasteiger partial charge in [-0.3, -0.25) is 0 Å². The topological polar surface area (TPSA) is 98.9 Å². The maximum absolute atomic E-state index is 5.90. The number of anilines is 1. The Balaban J connectivity index is 1.74. The molecule has 106 valence electrons. The highest BCUT2D eigenvalue weighted by Crippen LogP contribution is 2.40. The molecule has 1 aromatic carbocycles. The van der Waals surface area contributed by atoms with E-state index < -0.39 is 0 Å². The first-order chi connectivity index (χ1) is 10.2. The summed E-state index contributed by atoms with van der Waals surface area (Å²) in [6.07, 6.45) is 1.55. The van der Waals surface area contributed by atoms with E-state index in [0.29, 0.717) is 22.1 Å². The number of imidazole rings is 1. The lowest BCUT2D eigenvalue weighted by Gasteiger charge is -2.05. The number of halogens is 1. The van der Waals surface area contributed by atoms with E-state index in [1.165, 1.54) is 11.8 Å². The van der Waals surface area contributed by atoms with Gasteiger partial charge in [0.15, 0.2) is 28.1 Å².